The lowest BCUT2D eigenvalue weighted by Crippen LogP contribution is -2.12. The Morgan fingerprint density at radius 1 is 1.16 bits per heavy atom. The SMILES string of the molecule is Cc1ccc(-c2csc(NC(=O)c3n[nH]c4ccccc34)n2)c(C)c1. The molecule has 6 heteroatoms. The van der Waals surface area contributed by atoms with Crippen LogP contribution in [0.15, 0.2) is 47.8 Å². The number of hydrogen-bond donors (Lipinski definition) is 2. The Hall–Kier alpha value is -2.99. The summed E-state index contributed by atoms with van der Waals surface area (Å²) < 4.78 is 0. The van der Waals surface area contributed by atoms with Crippen molar-refractivity contribution in [2.45, 2.75) is 13.8 Å². The first kappa shape index (κ1) is 15.5. The van der Waals surface area contributed by atoms with Crippen LogP contribution in [0, 0.1) is 13.8 Å². The van der Waals surface area contributed by atoms with E-state index in [1.54, 1.807) is 0 Å². The van der Waals surface area contributed by atoms with Gasteiger partial charge in [-0.1, -0.05) is 42.0 Å². The van der Waals surface area contributed by atoms with Crippen molar-refractivity contribution < 1.29 is 4.79 Å². The van der Waals surface area contributed by atoms with Crippen molar-refractivity contribution in [1.29, 1.82) is 0 Å². The van der Waals surface area contributed by atoms with Gasteiger partial charge in [-0.05, 0) is 25.5 Å². The second-order valence-electron chi connectivity index (χ2n) is 5.93. The number of para-hydroxylation sites is 1. The van der Waals surface area contributed by atoms with Crippen LogP contribution in [0.25, 0.3) is 22.2 Å². The number of fused-ring (bicyclic) bond motifs is 1. The number of anilines is 1. The van der Waals surface area contributed by atoms with Crippen molar-refractivity contribution in [2.75, 3.05) is 5.32 Å². The molecule has 124 valence electrons. The first-order chi connectivity index (χ1) is 12.1. The summed E-state index contributed by atoms with van der Waals surface area (Å²) in [5.74, 6) is -0.265. The molecule has 0 aliphatic rings. The maximum atomic E-state index is 12.5. The number of benzene rings is 2. The van der Waals surface area contributed by atoms with Gasteiger partial charge in [0.05, 0.1) is 11.2 Å². The minimum Gasteiger partial charge on any atom is -0.296 e. The van der Waals surface area contributed by atoms with Gasteiger partial charge in [0.25, 0.3) is 5.91 Å². The summed E-state index contributed by atoms with van der Waals surface area (Å²) in [6, 6.07) is 13.8. The van der Waals surface area contributed by atoms with Gasteiger partial charge in [-0.15, -0.1) is 11.3 Å². The molecule has 0 atom stereocenters. The van der Waals surface area contributed by atoms with Crippen LogP contribution in [-0.2, 0) is 0 Å². The Kier molecular flexibility index (Phi) is 3.82. The average molecular weight is 348 g/mol. The highest BCUT2D eigenvalue weighted by Gasteiger charge is 2.16. The molecule has 0 bridgehead atoms. The lowest BCUT2D eigenvalue weighted by molar-refractivity contribution is 0.102. The van der Waals surface area contributed by atoms with E-state index in [0.717, 1.165) is 22.2 Å². The van der Waals surface area contributed by atoms with Crippen LogP contribution in [0.2, 0.25) is 0 Å². The van der Waals surface area contributed by atoms with E-state index in [9.17, 15) is 4.79 Å². The number of aromatic nitrogens is 3. The molecule has 0 saturated carbocycles. The number of hydrogen-bond acceptors (Lipinski definition) is 4. The van der Waals surface area contributed by atoms with E-state index in [-0.39, 0.29) is 5.91 Å². The highest BCUT2D eigenvalue weighted by molar-refractivity contribution is 7.14. The Morgan fingerprint density at radius 3 is 2.84 bits per heavy atom. The van der Waals surface area contributed by atoms with E-state index in [1.807, 2.05) is 29.6 Å². The van der Waals surface area contributed by atoms with E-state index in [4.69, 9.17) is 0 Å². The molecule has 25 heavy (non-hydrogen) atoms. The zero-order valence-electron chi connectivity index (χ0n) is 13.8. The first-order valence-corrected chi connectivity index (χ1v) is 8.77. The molecule has 2 aromatic carbocycles. The molecule has 0 aliphatic carbocycles. The molecule has 4 rings (SSSR count). The van der Waals surface area contributed by atoms with Crippen LogP contribution in [0.1, 0.15) is 21.6 Å². The summed E-state index contributed by atoms with van der Waals surface area (Å²) in [6.45, 7) is 4.13. The number of aromatic amines is 1. The Morgan fingerprint density at radius 2 is 2.00 bits per heavy atom. The van der Waals surface area contributed by atoms with Crippen molar-refractivity contribution in [3.8, 4) is 11.3 Å². The molecule has 2 N–H and O–H groups in total. The summed E-state index contributed by atoms with van der Waals surface area (Å²) in [7, 11) is 0. The zero-order chi connectivity index (χ0) is 17.4. The molecule has 0 fully saturated rings. The lowest BCUT2D eigenvalue weighted by Gasteiger charge is -2.03. The van der Waals surface area contributed by atoms with Gasteiger partial charge in [0.2, 0.25) is 0 Å². The second kappa shape index (κ2) is 6.14. The summed E-state index contributed by atoms with van der Waals surface area (Å²) in [4.78, 5) is 17.1. The largest absolute Gasteiger partial charge is 0.296 e. The maximum Gasteiger partial charge on any atom is 0.278 e. The molecular formula is C19H16N4OS. The van der Waals surface area contributed by atoms with Crippen LogP contribution < -0.4 is 5.32 Å². The number of amides is 1. The van der Waals surface area contributed by atoms with Gasteiger partial charge in [0, 0.05) is 16.3 Å². The van der Waals surface area contributed by atoms with E-state index < -0.39 is 0 Å². The molecule has 0 aliphatic heterocycles. The van der Waals surface area contributed by atoms with Gasteiger partial charge in [-0.3, -0.25) is 15.2 Å². The van der Waals surface area contributed by atoms with Crippen LogP contribution in [-0.4, -0.2) is 21.1 Å². The highest BCUT2D eigenvalue weighted by atomic mass is 32.1. The van der Waals surface area contributed by atoms with Gasteiger partial charge in [-0.2, -0.15) is 5.10 Å². The van der Waals surface area contributed by atoms with Crippen LogP contribution in [0.3, 0.4) is 0 Å². The van der Waals surface area contributed by atoms with Crippen molar-refractivity contribution >= 4 is 33.3 Å². The third-order valence-corrected chi connectivity index (χ3v) is 4.83. The van der Waals surface area contributed by atoms with E-state index >= 15 is 0 Å². The normalized spacial score (nSPS) is 11.0. The van der Waals surface area contributed by atoms with Gasteiger partial charge in [0.1, 0.15) is 0 Å². The fourth-order valence-corrected chi connectivity index (χ4v) is 3.55. The number of carbonyl (C=O) groups excluding carboxylic acids is 1. The monoisotopic (exact) mass is 348 g/mol. The third-order valence-electron chi connectivity index (χ3n) is 4.07. The first-order valence-electron chi connectivity index (χ1n) is 7.89. The number of H-pyrrole nitrogens is 1. The summed E-state index contributed by atoms with van der Waals surface area (Å²) in [6.07, 6.45) is 0. The predicted molar refractivity (Wildman–Crippen MR) is 101 cm³/mol. The minimum absolute atomic E-state index is 0.265. The summed E-state index contributed by atoms with van der Waals surface area (Å²) >= 11 is 1.41. The lowest BCUT2D eigenvalue weighted by atomic mass is 10.0. The Balaban J connectivity index is 1.59. The fraction of sp³-hybridized carbons (Fsp3) is 0.105. The number of carbonyl (C=O) groups is 1. The molecule has 1 amide bonds. The highest BCUT2D eigenvalue weighted by Crippen LogP contribution is 2.28. The third kappa shape index (κ3) is 2.92. The summed E-state index contributed by atoms with van der Waals surface area (Å²) in [5.41, 5.74) is 5.54. The van der Waals surface area contributed by atoms with Crippen molar-refractivity contribution in [1.82, 2.24) is 15.2 Å². The van der Waals surface area contributed by atoms with Gasteiger partial charge < -0.3 is 0 Å². The van der Waals surface area contributed by atoms with Crippen molar-refractivity contribution in [3.63, 3.8) is 0 Å². The molecule has 2 aromatic heterocycles. The standard InChI is InChI=1S/C19H16N4OS/c1-11-7-8-13(12(2)9-11)16-10-25-19(20-16)21-18(24)17-14-5-3-4-6-15(14)22-23-17/h3-10H,1-2H3,(H,22,23)(H,20,21,24). The molecular weight excluding hydrogens is 332 g/mol. The van der Waals surface area contributed by atoms with E-state index in [0.29, 0.717) is 10.8 Å². The average Bonchev–Trinajstić information content (AvgIpc) is 3.21. The molecule has 0 saturated heterocycles. The van der Waals surface area contributed by atoms with Crippen LogP contribution in [0.5, 0.6) is 0 Å². The quantitative estimate of drug-likeness (QED) is 0.570. The molecule has 5 nitrogen and oxygen atoms in total. The van der Waals surface area contributed by atoms with Gasteiger partial charge >= 0.3 is 0 Å². The number of rotatable bonds is 3. The van der Waals surface area contributed by atoms with E-state index in [2.05, 4.69) is 52.5 Å². The van der Waals surface area contributed by atoms with Crippen molar-refractivity contribution in [2.24, 2.45) is 0 Å². The fourth-order valence-electron chi connectivity index (χ4n) is 2.85. The molecule has 0 spiro atoms. The summed E-state index contributed by atoms with van der Waals surface area (Å²) in [5, 5.41) is 13.1. The minimum atomic E-state index is -0.265. The Labute approximate surface area is 148 Å². The molecule has 0 unspecified atom stereocenters. The Bertz CT molecular complexity index is 1080. The number of aryl methyl sites for hydroxylation is 2. The predicted octanol–water partition coefficient (Wildman–Crippen LogP) is 4.56. The number of nitrogens with one attached hydrogen (secondary N) is 2. The maximum absolute atomic E-state index is 12.5. The zero-order valence-corrected chi connectivity index (χ0v) is 14.6. The molecule has 2 heterocycles. The molecule has 0 radical (unpaired) electrons. The van der Waals surface area contributed by atoms with E-state index in [1.165, 1.54) is 22.5 Å². The molecule has 4 aromatic rings. The number of nitrogens with zero attached hydrogens (tertiary/aromatic N) is 2. The topological polar surface area (TPSA) is 70.7 Å². The van der Waals surface area contributed by atoms with Crippen LogP contribution >= 0.6 is 11.3 Å². The van der Waals surface area contributed by atoms with Crippen molar-refractivity contribution in [3.05, 3.63) is 64.7 Å². The smallest absolute Gasteiger partial charge is 0.278 e. The van der Waals surface area contributed by atoms with Gasteiger partial charge in [-0.25, -0.2) is 4.98 Å². The number of thiazole rings is 1. The van der Waals surface area contributed by atoms with Crippen LogP contribution in [0.4, 0.5) is 5.13 Å². The second-order valence-corrected chi connectivity index (χ2v) is 6.79. The van der Waals surface area contributed by atoms with Gasteiger partial charge in [0.15, 0.2) is 10.8 Å².